The summed E-state index contributed by atoms with van der Waals surface area (Å²) in [5, 5.41) is 12.4. The highest BCUT2D eigenvalue weighted by Gasteiger charge is 2.41. The predicted molar refractivity (Wildman–Crippen MR) is 70.1 cm³/mol. The predicted octanol–water partition coefficient (Wildman–Crippen LogP) is 2.90. The van der Waals surface area contributed by atoms with Gasteiger partial charge in [-0.3, -0.25) is 4.79 Å². The van der Waals surface area contributed by atoms with Crippen molar-refractivity contribution in [2.45, 2.75) is 32.1 Å². The summed E-state index contributed by atoms with van der Waals surface area (Å²) in [5.74, 6) is 0.647. The Morgan fingerprint density at radius 3 is 2.84 bits per heavy atom. The minimum absolute atomic E-state index is 0.105. The fourth-order valence-corrected chi connectivity index (χ4v) is 2.85. The second kappa shape index (κ2) is 4.53. The van der Waals surface area contributed by atoms with Crippen molar-refractivity contribution in [2.75, 3.05) is 0 Å². The molecule has 1 unspecified atom stereocenters. The maximum absolute atomic E-state index is 12.2. The Morgan fingerprint density at radius 1 is 1.32 bits per heavy atom. The van der Waals surface area contributed by atoms with Gasteiger partial charge in [-0.15, -0.1) is 0 Å². The zero-order chi connectivity index (χ0) is 13.4. The minimum atomic E-state index is -0.353. The van der Waals surface area contributed by atoms with E-state index in [2.05, 4.69) is 5.16 Å². The molecule has 0 saturated carbocycles. The third kappa shape index (κ3) is 1.84. The molecule has 0 saturated heterocycles. The molecule has 2 aliphatic rings. The monoisotopic (exact) mass is 257 g/mol. The minimum Gasteiger partial charge on any atom is -0.443 e. The van der Waals surface area contributed by atoms with E-state index in [1.165, 1.54) is 0 Å². The summed E-state index contributed by atoms with van der Waals surface area (Å²) >= 11 is 0. The van der Waals surface area contributed by atoms with Crippen LogP contribution in [0.2, 0.25) is 0 Å². The molecule has 1 aliphatic heterocycles. The quantitative estimate of drug-likeness (QED) is 0.621. The molecule has 1 atom stereocenters. The van der Waals surface area contributed by atoms with Crippen molar-refractivity contribution in [3.63, 3.8) is 0 Å². The highest BCUT2D eigenvalue weighted by Crippen LogP contribution is 2.42. The van der Waals surface area contributed by atoms with Crippen LogP contribution in [0.15, 0.2) is 40.8 Å². The lowest BCUT2D eigenvalue weighted by Gasteiger charge is -2.16. The van der Waals surface area contributed by atoms with Crippen molar-refractivity contribution in [2.24, 2.45) is 5.16 Å². The van der Waals surface area contributed by atoms with Crippen LogP contribution in [0.25, 0.3) is 0 Å². The number of Topliss-reactive ketones (excluding diaryl/α,β-unsaturated/α-hetero) is 1. The smallest absolute Gasteiger partial charge is 0.242 e. The number of benzene rings is 1. The highest BCUT2D eigenvalue weighted by molar-refractivity contribution is 6.08. The molecule has 1 aromatic rings. The zero-order valence-electron chi connectivity index (χ0n) is 10.7. The van der Waals surface area contributed by atoms with Crippen molar-refractivity contribution in [3.05, 3.63) is 46.7 Å². The van der Waals surface area contributed by atoms with Crippen LogP contribution >= 0.6 is 0 Å². The summed E-state index contributed by atoms with van der Waals surface area (Å²) < 4.78 is 5.57. The molecule has 98 valence electrons. The third-order valence-corrected chi connectivity index (χ3v) is 3.77. The molecule has 1 heterocycles. The first-order valence-corrected chi connectivity index (χ1v) is 6.44. The van der Waals surface area contributed by atoms with Crippen LogP contribution in [0.3, 0.4) is 0 Å². The third-order valence-electron chi connectivity index (χ3n) is 3.77. The lowest BCUT2D eigenvalue weighted by atomic mass is 9.83. The van der Waals surface area contributed by atoms with Gasteiger partial charge in [0, 0.05) is 12.8 Å². The number of rotatable bonds is 1. The molecule has 1 aromatic carbocycles. The molecule has 0 bridgehead atoms. The van der Waals surface area contributed by atoms with E-state index in [1.54, 1.807) is 0 Å². The number of carbonyl (C=O) groups is 1. The second-order valence-corrected chi connectivity index (χ2v) is 4.94. The van der Waals surface area contributed by atoms with E-state index >= 15 is 0 Å². The Labute approximate surface area is 111 Å². The van der Waals surface area contributed by atoms with Gasteiger partial charge in [-0.05, 0) is 24.5 Å². The number of hydrogen-bond acceptors (Lipinski definition) is 4. The van der Waals surface area contributed by atoms with E-state index in [4.69, 9.17) is 9.94 Å². The van der Waals surface area contributed by atoms with Gasteiger partial charge in [0.2, 0.25) is 5.90 Å². The lowest BCUT2D eigenvalue weighted by Crippen LogP contribution is -2.17. The number of aryl methyl sites for hydroxylation is 1. The topological polar surface area (TPSA) is 58.9 Å². The Hall–Kier alpha value is -2.10. The van der Waals surface area contributed by atoms with Gasteiger partial charge >= 0.3 is 0 Å². The summed E-state index contributed by atoms with van der Waals surface area (Å²) in [7, 11) is 0. The molecule has 3 rings (SSSR count). The number of hydrogen-bond donors (Lipinski definition) is 1. The van der Waals surface area contributed by atoms with Crippen LogP contribution in [0.5, 0.6) is 0 Å². The van der Waals surface area contributed by atoms with E-state index < -0.39 is 0 Å². The first kappa shape index (κ1) is 12.0. The number of ketones is 1. The maximum atomic E-state index is 12.2. The van der Waals surface area contributed by atoms with Crippen LogP contribution in [0, 0.1) is 6.92 Å². The van der Waals surface area contributed by atoms with Gasteiger partial charge in [0.25, 0.3) is 0 Å². The fraction of sp³-hybridized carbons (Fsp3) is 0.333. The molecule has 0 fully saturated rings. The first-order valence-electron chi connectivity index (χ1n) is 6.44. The number of carbonyl (C=O) groups excluding carboxylic acids is 1. The van der Waals surface area contributed by atoms with Gasteiger partial charge in [0.05, 0.1) is 11.5 Å². The summed E-state index contributed by atoms with van der Waals surface area (Å²) in [4.78, 5) is 12.2. The highest BCUT2D eigenvalue weighted by atomic mass is 16.5. The average molecular weight is 257 g/mol. The summed E-state index contributed by atoms with van der Waals surface area (Å²) in [5.41, 5.74) is 2.70. The van der Waals surface area contributed by atoms with Gasteiger partial charge in [-0.2, -0.15) is 0 Å². The summed E-state index contributed by atoms with van der Waals surface area (Å²) in [6, 6.07) is 7.80. The van der Waals surface area contributed by atoms with Crippen molar-refractivity contribution in [1.29, 1.82) is 0 Å². The number of nitrogens with zero attached hydrogens (tertiary/aromatic N) is 1. The van der Waals surface area contributed by atoms with E-state index in [0.717, 1.165) is 24.0 Å². The van der Waals surface area contributed by atoms with E-state index in [-0.39, 0.29) is 17.6 Å². The van der Waals surface area contributed by atoms with Gasteiger partial charge in [-0.1, -0.05) is 29.4 Å². The number of ether oxygens (including phenoxy) is 1. The SMILES string of the molecule is Cc1ccccc1C1C2=C(CCCC2=O)O/C1=N\O. The molecule has 0 radical (unpaired) electrons. The van der Waals surface area contributed by atoms with Crippen molar-refractivity contribution < 1.29 is 14.7 Å². The van der Waals surface area contributed by atoms with Crippen molar-refractivity contribution in [1.82, 2.24) is 0 Å². The Balaban J connectivity index is 2.14. The second-order valence-electron chi connectivity index (χ2n) is 4.94. The van der Waals surface area contributed by atoms with Gasteiger partial charge < -0.3 is 9.94 Å². The van der Waals surface area contributed by atoms with E-state index in [9.17, 15) is 4.79 Å². The van der Waals surface area contributed by atoms with Crippen LogP contribution < -0.4 is 0 Å². The molecule has 1 aliphatic carbocycles. The molecule has 19 heavy (non-hydrogen) atoms. The first-order chi connectivity index (χ1) is 9.22. The molecule has 1 N–H and O–H groups in total. The molecule has 4 heteroatoms. The number of allylic oxidation sites excluding steroid dienone is 1. The van der Waals surface area contributed by atoms with Crippen LogP contribution in [-0.2, 0) is 9.53 Å². The number of oxime groups is 1. The zero-order valence-corrected chi connectivity index (χ0v) is 10.7. The lowest BCUT2D eigenvalue weighted by molar-refractivity contribution is -0.116. The molecule has 0 spiro atoms. The van der Waals surface area contributed by atoms with Crippen LogP contribution in [-0.4, -0.2) is 16.9 Å². The van der Waals surface area contributed by atoms with Crippen LogP contribution in [0.1, 0.15) is 36.3 Å². The van der Waals surface area contributed by atoms with E-state index in [0.29, 0.717) is 17.8 Å². The van der Waals surface area contributed by atoms with Gasteiger partial charge in [0.15, 0.2) is 5.78 Å². The molecule has 0 aromatic heterocycles. The molecular formula is C15H15NO3. The van der Waals surface area contributed by atoms with Gasteiger partial charge in [0.1, 0.15) is 5.76 Å². The normalized spacial score (nSPS) is 24.6. The molecular weight excluding hydrogens is 242 g/mol. The molecule has 4 nitrogen and oxygen atoms in total. The largest absolute Gasteiger partial charge is 0.443 e. The summed E-state index contributed by atoms with van der Waals surface area (Å²) in [6.45, 7) is 1.98. The van der Waals surface area contributed by atoms with Gasteiger partial charge in [-0.25, -0.2) is 0 Å². The van der Waals surface area contributed by atoms with Crippen LogP contribution in [0.4, 0.5) is 0 Å². The fourth-order valence-electron chi connectivity index (χ4n) is 2.85. The molecule has 0 amide bonds. The maximum Gasteiger partial charge on any atom is 0.242 e. The van der Waals surface area contributed by atoms with Crippen molar-refractivity contribution in [3.8, 4) is 0 Å². The standard InChI is InChI=1S/C15H15NO3/c1-9-5-2-3-6-10(9)13-14-11(17)7-4-8-12(14)19-15(13)16-18/h2-3,5-6,13,18H,4,7-8H2,1H3/b16-15-. The Morgan fingerprint density at radius 2 is 2.11 bits per heavy atom. The summed E-state index contributed by atoms with van der Waals surface area (Å²) in [6.07, 6.45) is 2.09. The average Bonchev–Trinajstić information content (AvgIpc) is 2.79. The van der Waals surface area contributed by atoms with Crippen molar-refractivity contribution >= 4 is 11.7 Å². The Bertz CT molecular complexity index is 601. The Kier molecular flexibility index (Phi) is 2.85. The van der Waals surface area contributed by atoms with E-state index in [1.807, 2.05) is 31.2 Å².